The lowest BCUT2D eigenvalue weighted by Crippen LogP contribution is -2.29. The number of hydrogen-bond acceptors (Lipinski definition) is 8. The number of carbonyl (C=O) groups is 3. The zero-order valence-corrected chi connectivity index (χ0v) is 22.7. The van der Waals surface area contributed by atoms with Gasteiger partial charge in [0, 0.05) is 6.20 Å². The van der Waals surface area contributed by atoms with Crippen molar-refractivity contribution in [1.29, 1.82) is 0 Å². The smallest absolute Gasteiger partial charge is 0.350 e. The summed E-state index contributed by atoms with van der Waals surface area (Å²) in [7, 11) is 0. The van der Waals surface area contributed by atoms with E-state index in [1.54, 1.807) is 55.6 Å². The molecule has 1 aromatic carbocycles. The van der Waals surface area contributed by atoms with Gasteiger partial charge in [0.2, 0.25) is 0 Å². The number of carbonyl (C=O) groups excluding carboxylic acids is 3. The topological polar surface area (TPSA) is 114 Å². The van der Waals surface area contributed by atoms with E-state index in [2.05, 4.69) is 9.97 Å². The number of aromatic nitrogens is 3. The molecule has 4 aromatic rings. The fourth-order valence-electron chi connectivity index (χ4n) is 4.43. The average Bonchev–Trinajstić information content (AvgIpc) is 3.51. The van der Waals surface area contributed by atoms with E-state index in [1.165, 1.54) is 12.1 Å². The minimum Gasteiger partial charge on any atom is -0.505 e. The maximum atomic E-state index is 13.5. The minimum atomic E-state index is -1.11. The SMILES string of the molecule is CCOC(=O)c1sc(N2C(=O)C(=O)C(=C(O)c3c(C)nc4ccccn34)C2c2ccc(Cl)c(Cl)c2)nc1C. The highest BCUT2D eigenvalue weighted by Crippen LogP contribution is 2.45. The van der Waals surface area contributed by atoms with E-state index >= 15 is 0 Å². The number of aryl methyl sites for hydroxylation is 2. The Hall–Kier alpha value is -3.73. The van der Waals surface area contributed by atoms with Crippen molar-refractivity contribution in [3.63, 3.8) is 0 Å². The molecule has 1 amide bonds. The number of aliphatic hydroxyl groups excluding tert-OH is 1. The number of fused-ring (bicyclic) bond motifs is 1. The Kier molecular flexibility index (Phi) is 6.72. The van der Waals surface area contributed by atoms with Crippen LogP contribution in [0.2, 0.25) is 10.0 Å². The first kappa shape index (κ1) is 25.9. The van der Waals surface area contributed by atoms with Crippen LogP contribution in [-0.4, -0.2) is 43.7 Å². The van der Waals surface area contributed by atoms with E-state index in [1.807, 2.05) is 0 Å². The number of anilines is 1. The van der Waals surface area contributed by atoms with Crippen LogP contribution in [-0.2, 0) is 14.3 Å². The van der Waals surface area contributed by atoms with Crippen molar-refractivity contribution >= 4 is 68.7 Å². The highest BCUT2D eigenvalue weighted by Gasteiger charge is 2.49. The molecule has 0 aliphatic carbocycles. The van der Waals surface area contributed by atoms with Gasteiger partial charge in [-0.15, -0.1) is 0 Å². The molecule has 5 rings (SSSR count). The standard InChI is InChI=1S/C26H20Cl2N4O5S/c1-4-37-25(36)23-13(3)30-26(38-23)32-20(14-8-9-15(27)16(28)11-14)18(22(34)24(32)35)21(33)19-12(2)29-17-7-5-6-10-31(17)19/h5-11,20,33H,4H2,1-3H3. The molecule has 1 saturated heterocycles. The predicted molar refractivity (Wildman–Crippen MR) is 144 cm³/mol. The van der Waals surface area contributed by atoms with Crippen LogP contribution in [0.5, 0.6) is 0 Å². The van der Waals surface area contributed by atoms with Crippen molar-refractivity contribution in [2.75, 3.05) is 11.5 Å². The first-order valence-electron chi connectivity index (χ1n) is 11.5. The quantitative estimate of drug-likeness (QED) is 0.145. The minimum absolute atomic E-state index is 0.0950. The molecule has 3 aromatic heterocycles. The van der Waals surface area contributed by atoms with Gasteiger partial charge < -0.3 is 9.84 Å². The Labute approximate surface area is 230 Å². The van der Waals surface area contributed by atoms with Gasteiger partial charge in [0.15, 0.2) is 10.9 Å². The van der Waals surface area contributed by atoms with Gasteiger partial charge in [-0.05, 0) is 50.6 Å². The normalized spacial score (nSPS) is 17.0. The van der Waals surface area contributed by atoms with Gasteiger partial charge in [0.1, 0.15) is 16.2 Å². The second kappa shape index (κ2) is 9.86. The molecule has 0 saturated carbocycles. The largest absolute Gasteiger partial charge is 0.505 e. The molecule has 38 heavy (non-hydrogen) atoms. The van der Waals surface area contributed by atoms with Gasteiger partial charge in [-0.2, -0.15) is 0 Å². The number of hydrogen-bond donors (Lipinski definition) is 1. The molecule has 0 radical (unpaired) electrons. The van der Waals surface area contributed by atoms with Crippen molar-refractivity contribution in [2.24, 2.45) is 0 Å². The molecule has 0 bridgehead atoms. The highest BCUT2D eigenvalue weighted by atomic mass is 35.5. The van der Waals surface area contributed by atoms with E-state index in [0.717, 1.165) is 16.2 Å². The van der Waals surface area contributed by atoms with Crippen molar-refractivity contribution in [3.05, 3.63) is 85.7 Å². The van der Waals surface area contributed by atoms with Gasteiger partial charge in [-0.1, -0.05) is 46.7 Å². The molecule has 1 aliphatic rings. The molecule has 1 N–H and O–H groups in total. The lowest BCUT2D eigenvalue weighted by Gasteiger charge is -2.23. The summed E-state index contributed by atoms with van der Waals surface area (Å²) in [6.07, 6.45) is 1.70. The van der Waals surface area contributed by atoms with Crippen LogP contribution in [0.25, 0.3) is 11.4 Å². The van der Waals surface area contributed by atoms with Crippen molar-refractivity contribution < 1.29 is 24.2 Å². The van der Waals surface area contributed by atoms with Crippen molar-refractivity contribution in [3.8, 4) is 0 Å². The van der Waals surface area contributed by atoms with Gasteiger partial charge >= 0.3 is 11.9 Å². The third kappa shape index (κ3) is 4.14. The Morgan fingerprint density at radius 3 is 2.58 bits per heavy atom. The maximum absolute atomic E-state index is 13.5. The average molecular weight is 571 g/mol. The van der Waals surface area contributed by atoms with Crippen LogP contribution in [0, 0.1) is 13.8 Å². The number of ketones is 1. The Bertz CT molecular complexity index is 1680. The summed E-state index contributed by atoms with van der Waals surface area (Å²) in [5, 5.41) is 12.2. The number of Topliss-reactive ketones (excluding diaryl/α,β-unsaturated/α-hetero) is 1. The maximum Gasteiger partial charge on any atom is 0.350 e. The number of imidazole rings is 1. The summed E-state index contributed by atoms with van der Waals surface area (Å²) < 4.78 is 6.74. The molecular weight excluding hydrogens is 551 g/mol. The van der Waals surface area contributed by atoms with Crippen LogP contribution in [0.1, 0.15) is 45.3 Å². The van der Waals surface area contributed by atoms with E-state index in [4.69, 9.17) is 27.9 Å². The molecule has 0 spiro atoms. The summed E-state index contributed by atoms with van der Waals surface area (Å²) in [4.78, 5) is 49.7. The van der Waals surface area contributed by atoms with Crippen LogP contribution in [0.3, 0.4) is 0 Å². The van der Waals surface area contributed by atoms with Crippen molar-refractivity contribution in [2.45, 2.75) is 26.8 Å². The van der Waals surface area contributed by atoms with E-state index < -0.39 is 29.5 Å². The van der Waals surface area contributed by atoms with Crippen LogP contribution in [0.15, 0.2) is 48.2 Å². The summed E-state index contributed by atoms with van der Waals surface area (Å²) in [6.45, 7) is 5.15. The lowest BCUT2D eigenvalue weighted by atomic mass is 9.96. The fraction of sp³-hybridized carbons (Fsp3) is 0.192. The molecular formula is C26H20Cl2N4O5S. The first-order valence-corrected chi connectivity index (χ1v) is 13.1. The zero-order valence-electron chi connectivity index (χ0n) is 20.4. The molecule has 1 atom stereocenters. The molecule has 1 unspecified atom stereocenters. The van der Waals surface area contributed by atoms with Crippen LogP contribution < -0.4 is 4.90 Å². The number of rotatable bonds is 5. The predicted octanol–water partition coefficient (Wildman–Crippen LogP) is 5.52. The zero-order chi connectivity index (χ0) is 27.3. The first-order chi connectivity index (χ1) is 18.1. The Balaban J connectivity index is 1.76. The number of pyridine rings is 1. The van der Waals surface area contributed by atoms with Gasteiger partial charge in [0.25, 0.3) is 5.78 Å². The van der Waals surface area contributed by atoms with Crippen molar-refractivity contribution in [1.82, 2.24) is 14.4 Å². The number of benzene rings is 1. The van der Waals surface area contributed by atoms with E-state index in [-0.39, 0.29) is 37.9 Å². The van der Waals surface area contributed by atoms with Crippen LogP contribution in [0.4, 0.5) is 5.13 Å². The number of thiazole rings is 1. The molecule has 194 valence electrons. The summed E-state index contributed by atoms with van der Waals surface area (Å²) in [6, 6.07) is 8.87. The van der Waals surface area contributed by atoms with Gasteiger partial charge in [-0.25, -0.2) is 14.8 Å². The second-order valence-electron chi connectivity index (χ2n) is 8.45. The number of aliphatic hydroxyl groups is 1. The third-order valence-electron chi connectivity index (χ3n) is 6.08. The summed E-state index contributed by atoms with van der Waals surface area (Å²) in [5.41, 5.74) is 1.87. The lowest BCUT2D eigenvalue weighted by molar-refractivity contribution is -0.132. The van der Waals surface area contributed by atoms with E-state index in [0.29, 0.717) is 22.6 Å². The number of ether oxygens (including phenoxy) is 1. The van der Waals surface area contributed by atoms with Crippen LogP contribution >= 0.6 is 34.5 Å². The Morgan fingerprint density at radius 1 is 1.11 bits per heavy atom. The number of esters is 1. The number of amides is 1. The van der Waals surface area contributed by atoms with Gasteiger partial charge in [-0.3, -0.25) is 18.9 Å². The molecule has 1 aliphatic heterocycles. The molecule has 12 heteroatoms. The fourth-order valence-corrected chi connectivity index (χ4v) is 5.72. The highest BCUT2D eigenvalue weighted by molar-refractivity contribution is 7.17. The van der Waals surface area contributed by atoms with Gasteiger partial charge in [0.05, 0.1) is 39.7 Å². The Morgan fingerprint density at radius 2 is 1.87 bits per heavy atom. The second-order valence-corrected chi connectivity index (χ2v) is 10.2. The van der Waals surface area contributed by atoms with E-state index in [9.17, 15) is 19.5 Å². The molecule has 1 fully saturated rings. The third-order valence-corrected chi connectivity index (χ3v) is 7.96. The summed E-state index contributed by atoms with van der Waals surface area (Å²) in [5.74, 6) is -2.83. The monoisotopic (exact) mass is 570 g/mol. The molecule has 9 nitrogen and oxygen atoms in total. The number of halogens is 2. The number of nitrogens with zero attached hydrogens (tertiary/aromatic N) is 4. The molecule has 4 heterocycles. The summed E-state index contributed by atoms with van der Waals surface area (Å²) >= 11 is 13.4.